The minimum Gasteiger partial charge on any atom is -0.491 e. The number of hydrogen-bond acceptors (Lipinski definition) is 5. The number of amides is 1. The summed E-state index contributed by atoms with van der Waals surface area (Å²) in [5.41, 5.74) is 2.71. The number of ether oxygens (including phenoxy) is 1. The first kappa shape index (κ1) is 17.2. The number of carbonyl (C=O) groups excluding carboxylic acids is 1. The van der Waals surface area contributed by atoms with Gasteiger partial charge in [-0.3, -0.25) is 10.0 Å². The predicted octanol–water partition coefficient (Wildman–Crippen LogP) is 1.32. The molecule has 21 heavy (non-hydrogen) atoms. The van der Waals surface area contributed by atoms with Crippen LogP contribution in [0, 0.1) is 0 Å². The minimum atomic E-state index is -0.641. The van der Waals surface area contributed by atoms with E-state index < -0.39 is 12.0 Å². The van der Waals surface area contributed by atoms with Gasteiger partial charge < -0.3 is 14.9 Å². The lowest BCUT2D eigenvalue weighted by atomic mass is 10.0. The zero-order valence-corrected chi connectivity index (χ0v) is 12.0. The molecule has 116 valence electrons. The van der Waals surface area contributed by atoms with Gasteiger partial charge in [-0.2, -0.15) is 0 Å². The second-order valence-corrected chi connectivity index (χ2v) is 4.56. The number of aliphatic hydroxyl groups is 2. The van der Waals surface area contributed by atoms with E-state index in [1.807, 2.05) is 0 Å². The Morgan fingerprint density at radius 2 is 2.05 bits per heavy atom. The highest BCUT2D eigenvalue weighted by Gasteiger charge is 2.08. The maximum atomic E-state index is 11.1. The van der Waals surface area contributed by atoms with Crippen molar-refractivity contribution < 1.29 is 25.0 Å². The number of nitrogens with one attached hydrogen (secondary N) is 1. The smallest absolute Gasteiger partial charge is 0.269 e. The summed E-state index contributed by atoms with van der Waals surface area (Å²) < 4.78 is 5.23. The van der Waals surface area contributed by atoms with Gasteiger partial charge >= 0.3 is 0 Å². The summed E-state index contributed by atoms with van der Waals surface area (Å²) in [6.45, 7) is 1.78. The van der Waals surface area contributed by atoms with Crippen LogP contribution in [-0.4, -0.2) is 34.5 Å². The number of aliphatic hydroxyl groups excluding tert-OH is 2. The van der Waals surface area contributed by atoms with Crippen molar-refractivity contribution in [2.75, 3.05) is 13.2 Å². The summed E-state index contributed by atoms with van der Waals surface area (Å²) in [5, 5.41) is 27.2. The predicted molar refractivity (Wildman–Crippen MR) is 76.9 cm³/mol. The molecule has 1 atom stereocenters. The van der Waals surface area contributed by atoms with E-state index in [1.54, 1.807) is 42.7 Å². The largest absolute Gasteiger partial charge is 0.491 e. The van der Waals surface area contributed by atoms with E-state index >= 15 is 0 Å². The Bertz CT molecular complexity index is 469. The van der Waals surface area contributed by atoms with Crippen LogP contribution in [0.4, 0.5) is 0 Å². The average Bonchev–Trinajstić information content (AvgIpc) is 2.52. The zero-order chi connectivity index (χ0) is 15.7. The lowest BCUT2D eigenvalue weighted by Gasteiger charge is -2.11. The van der Waals surface area contributed by atoms with E-state index in [0.29, 0.717) is 24.2 Å². The maximum absolute atomic E-state index is 11.1. The van der Waals surface area contributed by atoms with E-state index in [1.165, 1.54) is 0 Å². The lowest BCUT2D eigenvalue weighted by Crippen LogP contribution is -2.19. The molecule has 0 aromatic heterocycles. The molecule has 0 heterocycles. The molecule has 0 radical (unpaired) electrons. The van der Waals surface area contributed by atoms with Crippen molar-refractivity contribution in [3.05, 3.63) is 41.5 Å². The van der Waals surface area contributed by atoms with Crippen molar-refractivity contribution in [1.82, 2.24) is 5.48 Å². The van der Waals surface area contributed by atoms with E-state index in [2.05, 4.69) is 0 Å². The minimum absolute atomic E-state index is 0.0442. The topological polar surface area (TPSA) is 99.0 Å². The average molecular weight is 295 g/mol. The summed E-state index contributed by atoms with van der Waals surface area (Å²) in [7, 11) is 0. The molecule has 6 nitrogen and oxygen atoms in total. The summed E-state index contributed by atoms with van der Waals surface area (Å²) in [5.74, 6) is 0.0882. The molecule has 1 aromatic carbocycles. The normalized spacial score (nSPS) is 12.9. The summed E-state index contributed by atoms with van der Waals surface area (Å²) >= 11 is 0. The van der Waals surface area contributed by atoms with Gasteiger partial charge in [0.15, 0.2) is 0 Å². The van der Waals surface area contributed by atoms with Crippen LogP contribution < -0.4 is 10.2 Å². The summed E-state index contributed by atoms with van der Waals surface area (Å²) in [4.78, 5) is 11.1. The Morgan fingerprint density at radius 3 is 2.62 bits per heavy atom. The number of rotatable bonds is 8. The molecule has 0 spiro atoms. The van der Waals surface area contributed by atoms with Gasteiger partial charge in [-0.05, 0) is 37.5 Å². The number of carbonyl (C=O) groups is 1. The highest BCUT2D eigenvalue weighted by Crippen LogP contribution is 2.21. The van der Waals surface area contributed by atoms with Crippen molar-refractivity contribution in [2.45, 2.75) is 25.9 Å². The molecule has 0 fully saturated rings. The second kappa shape index (κ2) is 9.12. The number of benzene rings is 1. The van der Waals surface area contributed by atoms with Crippen LogP contribution >= 0.6 is 0 Å². The monoisotopic (exact) mass is 295 g/mol. The Balaban J connectivity index is 2.48. The zero-order valence-electron chi connectivity index (χ0n) is 12.0. The molecule has 1 amide bonds. The molecule has 0 bridgehead atoms. The van der Waals surface area contributed by atoms with Crippen LogP contribution in [0.25, 0.3) is 0 Å². The summed E-state index contributed by atoms with van der Waals surface area (Å²) in [6.07, 6.45) is 2.00. The third-order valence-corrected chi connectivity index (χ3v) is 2.98. The van der Waals surface area contributed by atoms with E-state index in [4.69, 9.17) is 15.1 Å². The highest BCUT2D eigenvalue weighted by molar-refractivity contribution is 5.91. The Morgan fingerprint density at radius 1 is 1.38 bits per heavy atom. The van der Waals surface area contributed by atoms with Crippen molar-refractivity contribution in [3.8, 4) is 5.75 Å². The van der Waals surface area contributed by atoms with Gasteiger partial charge in [0.25, 0.3) is 5.91 Å². The van der Waals surface area contributed by atoms with Gasteiger partial charge in [0, 0.05) is 5.57 Å². The Kier molecular flexibility index (Phi) is 7.45. The van der Waals surface area contributed by atoms with Gasteiger partial charge in [-0.1, -0.05) is 18.2 Å². The third-order valence-electron chi connectivity index (χ3n) is 2.98. The first-order chi connectivity index (χ1) is 10.1. The molecular weight excluding hydrogens is 274 g/mol. The molecule has 6 heteroatoms. The number of hydroxylamine groups is 1. The molecule has 4 N–H and O–H groups in total. The molecule has 0 aliphatic carbocycles. The number of allylic oxidation sites excluding steroid dienone is 1. The molecular formula is C15H21NO5. The molecule has 0 saturated carbocycles. The molecule has 0 aliphatic rings. The van der Waals surface area contributed by atoms with E-state index in [9.17, 15) is 9.90 Å². The van der Waals surface area contributed by atoms with E-state index in [0.717, 1.165) is 5.56 Å². The molecule has 0 aliphatic heterocycles. The second-order valence-electron chi connectivity index (χ2n) is 4.56. The molecule has 1 rings (SSSR count). The molecule has 1 aromatic rings. The van der Waals surface area contributed by atoms with E-state index in [-0.39, 0.29) is 13.2 Å². The molecule has 0 unspecified atom stereocenters. The summed E-state index contributed by atoms with van der Waals surface area (Å²) in [6, 6.07) is 6.98. The van der Waals surface area contributed by atoms with Gasteiger partial charge in [0.1, 0.15) is 12.4 Å². The van der Waals surface area contributed by atoms with Crippen LogP contribution in [0.5, 0.6) is 5.75 Å². The van der Waals surface area contributed by atoms with Crippen LogP contribution in [0.2, 0.25) is 0 Å². The van der Waals surface area contributed by atoms with Gasteiger partial charge in [0.05, 0.1) is 12.7 Å². The fourth-order valence-electron chi connectivity index (χ4n) is 1.75. The van der Waals surface area contributed by atoms with Gasteiger partial charge in [0.2, 0.25) is 0 Å². The maximum Gasteiger partial charge on any atom is 0.269 e. The van der Waals surface area contributed by atoms with Crippen LogP contribution in [0.15, 0.2) is 35.9 Å². The van der Waals surface area contributed by atoms with Crippen molar-refractivity contribution in [1.29, 1.82) is 0 Å². The van der Waals surface area contributed by atoms with Gasteiger partial charge in [-0.15, -0.1) is 0 Å². The molecule has 0 saturated heterocycles. The van der Waals surface area contributed by atoms with Crippen LogP contribution in [0.3, 0.4) is 0 Å². The first-order valence-corrected chi connectivity index (χ1v) is 6.71. The number of hydrogen-bond donors (Lipinski definition) is 4. The highest BCUT2D eigenvalue weighted by atomic mass is 16.5. The fraction of sp³-hybridized carbons (Fsp3) is 0.400. The van der Waals surface area contributed by atoms with Crippen molar-refractivity contribution >= 4 is 5.91 Å². The Hall–Kier alpha value is -1.89. The van der Waals surface area contributed by atoms with Crippen LogP contribution in [-0.2, 0) is 4.79 Å². The lowest BCUT2D eigenvalue weighted by molar-refractivity contribution is -0.125. The SMILES string of the molecule is C/C(=C\CC[C@H](O)c1ccc(OCCO)cc1)C(=O)NO. The third kappa shape index (κ3) is 5.95. The standard InChI is InChI=1S/C15H21NO5/c1-11(15(19)16-20)3-2-4-14(18)12-5-7-13(8-6-12)21-10-9-17/h3,5-8,14,17-18,20H,2,4,9-10H2,1H3,(H,16,19)/b11-3+/t14-/m0/s1. The quantitative estimate of drug-likeness (QED) is 0.329. The fourth-order valence-corrected chi connectivity index (χ4v) is 1.75. The Labute approximate surface area is 123 Å². The van der Waals surface area contributed by atoms with Crippen molar-refractivity contribution in [3.63, 3.8) is 0 Å². The first-order valence-electron chi connectivity index (χ1n) is 6.71. The van der Waals surface area contributed by atoms with Crippen LogP contribution in [0.1, 0.15) is 31.4 Å². The van der Waals surface area contributed by atoms with Crippen molar-refractivity contribution in [2.24, 2.45) is 0 Å². The van der Waals surface area contributed by atoms with Gasteiger partial charge in [-0.25, -0.2) is 5.48 Å².